The van der Waals surface area contributed by atoms with Gasteiger partial charge in [0.2, 0.25) is 0 Å². The summed E-state index contributed by atoms with van der Waals surface area (Å²) >= 11 is 0. The summed E-state index contributed by atoms with van der Waals surface area (Å²) in [5.41, 5.74) is 12.0. The Balaban J connectivity index is 1.45. The lowest BCUT2D eigenvalue weighted by atomic mass is 10.0. The highest BCUT2D eigenvalue weighted by Crippen LogP contribution is 2.38. The Kier molecular flexibility index (Phi) is 11.7. The zero-order valence-corrected chi connectivity index (χ0v) is 26.5. The number of hydrogen-bond acceptors (Lipinski definition) is 7. The van der Waals surface area contributed by atoms with Crippen molar-refractivity contribution >= 4 is 5.78 Å². The number of aromatic nitrogens is 2. The Morgan fingerprint density at radius 3 is 1.93 bits per heavy atom. The van der Waals surface area contributed by atoms with Gasteiger partial charge in [0.15, 0.2) is 5.78 Å². The third-order valence-electron chi connectivity index (χ3n) is 7.62. The van der Waals surface area contributed by atoms with Crippen molar-refractivity contribution in [3.63, 3.8) is 0 Å². The Bertz CT molecular complexity index is 1660. The van der Waals surface area contributed by atoms with Gasteiger partial charge in [0.1, 0.15) is 17.3 Å². The Morgan fingerprint density at radius 2 is 1.33 bits per heavy atom. The number of hydrogen-bond donors (Lipinski definition) is 1. The number of carbonyl (C=O) groups excluding carboxylic acids is 1. The molecule has 238 valence electrons. The van der Waals surface area contributed by atoms with Crippen LogP contribution in [0, 0.1) is 0 Å². The minimum absolute atomic E-state index is 0.0951. The molecule has 1 heterocycles. The SMILES string of the molecule is COc1cc(OC)cc(-c2nc(-c3ccccc3)c(-c3ccccc3)n2Cc2ccc(C(=O)CCCOCCOCCN)cc2)c1. The van der Waals surface area contributed by atoms with Gasteiger partial charge in [-0.15, -0.1) is 0 Å². The Labute approximate surface area is 270 Å². The van der Waals surface area contributed by atoms with Crippen molar-refractivity contribution < 1.29 is 23.7 Å². The quantitative estimate of drug-likeness (QED) is 0.0893. The van der Waals surface area contributed by atoms with Crippen LogP contribution in [-0.4, -0.2) is 62.5 Å². The summed E-state index contributed by atoms with van der Waals surface area (Å²) in [5, 5.41) is 0. The van der Waals surface area contributed by atoms with Gasteiger partial charge in [-0.3, -0.25) is 4.79 Å². The average molecular weight is 620 g/mol. The van der Waals surface area contributed by atoms with Crippen LogP contribution < -0.4 is 15.2 Å². The summed E-state index contributed by atoms with van der Waals surface area (Å²) in [4.78, 5) is 18.2. The van der Waals surface area contributed by atoms with Gasteiger partial charge >= 0.3 is 0 Å². The van der Waals surface area contributed by atoms with E-state index >= 15 is 0 Å². The molecule has 0 aliphatic heterocycles. The number of imidazole rings is 1. The fraction of sp³-hybridized carbons (Fsp3) is 0.263. The molecule has 0 bridgehead atoms. The largest absolute Gasteiger partial charge is 0.497 e. The van der Waals surface area contributed by atoms with E-state index in [1.165, 1.54) is 0 Å². The molecule has 0 unspecified atom stereocenters. The van der Waals surface area contributed by atoms with E-state index in [0.29, 0.717) is 69.4 Å². The van der Waals surface area contributed by atoms with E-state index in [2.05, 4.69) is 28.8 Å². The van der Waals surface area contributed by atoms with Crippen molar-refractivity contribution in [3.8, 4) is 45.4 Å². The van der Waals surface area contributed by atoms with E-state index in [0.717, 1.165) is 39.5 Å². The van der Waals surface area contributed by atoms with Crippen molar-refractivity contribution in [3.05, 3.63) is 114 Å². The van der Waals surface area contributed by atoms with E-state index < -0.39 is 0 Å². The minimum atomic E-state index is 0.0951. The third-order valence-corrected chi connectivity index (χ3v) is 7.62. The molecular weight excluding hydrogens is 578 g/mol. The van der Waals surface area contributed by atoms with Gasteiger partial charge in [0.25, 0.3) is 0 Å². The first-order valence-electron chi connectivity index (χ1n) is 15.5. The predicted octanol–water partition coefficient (Wildman–Crippen LogP) is 6.90. The highest BCUT2D eigenvalue weighted by atomic mass is 16.5. The van der Waals surface area contributed by atoms with Crippen molar-refractivity contribution in [2.75, 3.05) is 47.2 Å². The van der Waals surface area contributed by atoms with Crippen LogP contribution in [0.1, 0.15) is 28.8 Å². The fourth-order valence-corrected chi connectivity index (χ4v) is 5.31. The summed E-state index contributed by atoms with van der Waals surface area (Å²) in [6.07, 6.45) is 1.08. The van der Waals surface area contributed by atoms with Crippen molar-refractivity contribution in [2.24, 2.45) is 5.73 Å². The molecule has 2 N–H and O–H groups in total. The van der Waals surface area contributed by atoms with Gasteiger partial charge in [-0.2, -0.15) is 0 Å². The lowest BCUT2D eigenvalue weighted by Crippen LogP contribution is -2.12. The molecule has 5 rings (SSSR count). The molecule has 4 aromatic carbocycles. The molecule has 8 nitrogen and oxygen atoms in total. The van der Waals surface area contributed by atoms with Gasteiger partial charge in [0, 0.05) is 54.4 Å². The van der Waals surface area contributed by atoms with Crippen molar-refractivity contribution in [1.82, 2.24) is 9.55 Å². The zero-order chi connectivity index (χ0) is 32.1. The number of ketones is 1. The average Bonchev–Trinajstić information content (AvgIpc) is 3.49. The molecule has 0 amide bonds. The van der Waals surface area contributed by atoms with Crippen LogP contribution >= 0.6 is 0 Å². The first-order valence-corrected chi connectivity index (χ1v) is 15.5. The maximum Gasteiger partial charge on any atom is 0.162 e. The summed E-state index contributed by atoms with van der Waals surface area (Å²) in [6.45, 7) is 3.08. The molecule has 8 heteroatoms. The first kappa shape index (κ1) is 32.6. The van der Waals surface area contributed by atoms with Crippen molar-refractivity contribution in [1.29, 1.82) is 0 Å². The molecule has 0 radical (unpaired) electrons. The van der Waals surface area contributed by atoms with Crippen LogP contribution in [0.5, 0.6) is 11.5 Å². The highest BCUT2D eigenvalue weighted by Gasteiger charge is 2.22. The summed E-state index contributed by atoms with van der Waals surface area (Å²) < 4.78 is 24.3. The van der Waals surface area contributed by atoms with Crippen LogP contribution in [0.15, 0.2) is 103 Å². The number of Topliss-reactive ketones (excluding diaryl/α,β-unsaturated/α-hetero) is 1. The second-order valence-corrected chi connectivity index (χ2v) is 10.8. The lowest BCUT2D eigenvalue weighted by molar-refractivity contribution is 0.0489. The standard InChI is InChI=1S/C38H41N3O5/c1-43-33-24-32(25-34(26-33)44-2)38-40-36(30-10-5-3-6-11-30)37(31-12-7-4-8-13-31)41(38)27-28-15-17-29(18-16-28)35(42)14-9-20-45-22-23-46-21-19-39/h3-8,10-13,15-18,24-26H,9,14,19-23,27,39H2,1-2H3. The fourth-order valence-electron chi connectivity index (χ4n) is 5.31. The topological polar surface area (TPSA) is 97.8 Å². The normalized spacial score (nSPS) is 11.0. The van der Waals surface area contributed by atoms with E-state index in [9.17, 15) is 4.79 Å². The summed E-state index contributed by atoms with van der Waals surface area (Å²) in [6, 6.07) is 34.2. The number of methoxy groups -OCH3 is 2. The van der Waals surface area contributed by atoms with Crippen LogP contribution in [0.25, 0.3) is 33.9 Å². The molecule has 0 saturated heterocycles. The van der Waals surface area contributed by atoms with E-state index in [-0.39, 0.29) is 5.78 Å². The molecule has 46 heavy (non-hydrogen) atoms. The molecule has 0 saturated carbocycles. The summed E-state index contributed by atoms with van der Waals surface area (Å²) in [5.74, 6) is 2.24. The van der Waals surface area contributed by atoms with Gasteiger partial charge in [-0.1, -0.05) is 84.9 Å². The first-order chi connectivity index (χ1) is 22.6. The molecule has 0 aliphatic carbocycles. The number of benzene rings is 4. The predicted molar refractivity (Wildman–Crippen MR) is 181 cm³/mol. The van der Waals surface area contributed by atoms with Crippen LogP contribution in [-0.2, 0) is 16.0 Å². The maximum absolute atomic E-state index is 12.9. The highest BCUT2D eigenvalue weighted by molar-refractivity contribution is 5.96. The molecule has 0 spiro atoms. The number of ether oxygens (including phenoxy) is 4. The molecule has 0 fully saturated rings. The molecule has 0 aliphatic rings. The molecule has 1 aromatic heterocycles. The van der Waals surface area contributed by atoms with E-state index in [1.54, 1.807) is 14.2 Å². The number of carbonyl (C=O) groups is 1. The van der Waals surface area contributed by atoms with E-state index in [1.807, 2.05) is 78.9 Å². The Hall–Kier alpha value is -4.76. The second-order valence-electron chi connectivity index (χ2n) is 10.8. The minimum Gasteiger partial charge on any atom is -0.497 e. The number of nitrogens with zero attached hydrogens (tertiary/aromatic N) is 2. The van der Waals surface area contributed by atoms with Gasteiger partial charge < -0.3 is 29.2 Å². The van der Waals surface area contributed by atoms with Crippen LogP contribution in [0.3, 0.4) is 0 Å². The molecular formula is C38H41N3O5. The number of rotatable bonds is 17. The maximum atomic E-state index is 12.9. The second kappa shape index (κ2) is 16.5. The van der Waals surface area contributed by atoms with Crippen LogP contribution in [0.4, 0.5) is 0 Å². The van der Waals surface area contributed by atoms with Gasteiger partial charge in [-0.25, -0.2) is 4.98 Å². The number of nitrogens with two attached hydrogens (primary N) is 1. The van der Waals surface area contributed by atoms with E-state index in [4.69, 9.17) is 29.7 Å². The van der Waals surface area contributed by atoms with Gasteiger partial charge in [-0.05, 0) is 24.1 Å². The molecule has 5 aromatic rings. The van der Waals surface area contributed by atoms with Crippen LogP contribution in [0.2, 0.25) is 0 Å². The summed E-state index contributed by atoms with van der Waals surface area (Å²) in [7, 11) is 3.29. The smallest absolute Gasteiger partial charge is 0.162 e. The van der Waals surface area contributed by atoms with Gasteiger partial charge in [0.05, 0.1) is 45.4 Å². The lowest BCUT2D eigenvalue weighted by Gasteiger charge is -2.15. The third kappa shape index (κ3) is 8.28. The van der Waals surface area contributed by atoms with Crippen molar-refractivity contribution in [2.45, 2.75) is 19.4 Å². The Morgan fingerprint density at radius 1 is 0.717 bits per heavy atom. The zero-order valence-electron chi connectivity index (χ0n) is 26.5. The molecule has 0 atom stereocenters. The monoisotopic (exact) mass is 619 g/mol.